The van der Waals surface area contributed by atoms with Crippen molar-refractivity contribution in [2.24, 2.45) is 5.73 Å². The Morgan fingerprint density at radius 1 is 1.06 bits per heavy atom. The van der Waals surface area contributed by atoms with E-state index in [0.29, 0.717) is 13.2 Å². The standard InChI is InChI=1S/C12H25N3O/c13-4-10-16-11-9-14-5-7-15(8-6-14)12-2-1-3-12/h12H,1-11,13H2. The maximum atomic E-state index is 5.41. The van der Waals surface area contributed by atoms with Gasteiger partial charge in [-0.3, -0.25) is 9.80 Å². The van der Waals surface area contributed by atoms with E-state index < -0.39 is 0 Å². The van der Waals surface area contributed by atoms with Crippen LogP contribution in [0.25, 0.3) is 0 Å². The summed E-state index contributed by atoms with van der Waals surface area (Å²) in [6.45, 7) is 8.16. The zero-order valence-corrected chi connectivity index (χ0v) is 10.2. The van der Waals surface area contributed by atoms with Crippen LogP contribution in [0.1, 0.15) is 19.3 Å². The predicted octanol–water partition coefficient (Wildman–Crippen LogP) is 0.132. The van der Waals surface area contributed by atoms with E-state index in [1.165, 1.54) is 45.4 Å². The first-order valence-corrected chi connectivity index (χ1v) is 6.64. The lowest BCUT2D eigenvalue weighted by Gasteiger charge is -2.42. The summed E-state index contributed by atoms with van der Waals surface area (Å²) in [5.41, 5.74) is 5.38. The highest BCUT2D eigenvalue weighted by Crippen LogP contribution is 2.25. The summed E-state index contributed by atoms with van der Waals surface area (Å²) in [4.78, 5) is 5.17. The third kappa shape index (κ3) is 3.42. The van der Waals surface area contributed by atoms with E-state index >= 15 is 0 Å². The summed E-state index contributed by atoms with van der Waals surface area (Å²) < 4.78 is 5.41. The van der Waals surface area contributed by atoms with Crippen LogP contribution in [0.4, 0.5) is 0 Å². The molecular formula is C12H25N3O. The molecule has 0 unspecified atom stereocenters. The zero-order valence-electron chi connectivity index (χ0n) is 10.2. The molecule has 1 saturated carbocycles. The molecule has 0 radical (unpaired) electrons. The number of hydrogen-bond donors (Lipinski definition) is 1. The molecule has 4 heteroatoms. The van der Waals surface area contributed by atoms with Gasteiger partial charge in [-0.2, -0.15) is 0 Å². The molecule has 1 heterocycles. The van der Waals surface area contributed by atoms with Crippen LogP contribution in [0.15, 0.2) is 0 Å². The van der Waals surface area contributed by atoms with Crippen molar-refractivity contribution in [3.63, 3.8) is 0 Å². The van der Waals surface area contributed by atoms with Crippen LogP contribution in [-0.2, 0) is 4.74 Å². The Morgan fingerprint density at radius 3 is 2.38 bits per heavy atom. The van der Waals surface area contributed by atoms with Crippen LogP contribution in [0.5, 0.6) is 0 Å². The van der Waals surface area contributed by atoms with Gasteiger partial charge in [0.15, 0.2) is 0 Å². The van der Waals surface area contributed by atoms with Gasteiger partial charge in [0, 0.05) is 45.3 Å². The van der Waals surface area contributed by atoms with Crippen molar-refractivity contribution in [2.75, 3.05) is 52.5 Å². The number of hydrogen-bond acceptors (Lipinski definition) is 4. The average Bonchev–Trinajstić information content (AvgIpc) is 2.24. The Hall–Kier alpha value is -0.160. The average molecular weight is 227 g/mol. The largest absolute Gasteiger partial charge is 0.379 e. The molecule has 0 aromatic carbocycles. The van der Waals surface area contributed by atoms with Gasteiger partial charge < -0.3 is 10.5 Å². The number of rotatable bonds is 6. The molecule has 2 fully saturated rings. The number of piperazine rings is 1. The lowest BCUT2D eigenvalue weighted by molar-refractivity contribution is 0.0433. The van der Waals surface area contributed by atoms with E-state index in [9.17, 15) is 0 Å². The van der Waals surface area contributed by atoms with E-state index in [1.54, 1.807) is 0 Å². The Bertz CT molecular complexity index is 189. The first-order chi connectivity index (χ1) is 7.90. The summed E-state index contributed by atoms with van der Waals surface area (Å²) in [5, 5.41) is 0. The second kappa shape index (κ2) is 6.55. The molecule has 1 aliphatic carbocycles. The Kier molecular flexibility index (Phi) is 5.03. The van der Waals surface area contributed by atoms with Gasteiger partial charge in [0.2, 0.25) is 0 Å². The molecule has 0 atom stereocenters. The monoisotopic (exact) mass is 227 g/mol. The molecule has 4 nitrogen and oxygen atoms in total. The molecule has 2 N–H and O–H groups in total. The highest BCUT2D eigenvalue weighted by molar-refractivity contribution is 4.83. The number of nitrogens with two attached hydrogens (primary N) is 1. The molecule has 2 rings (SSSR count). The molecule has 0 aromatic rings. The second-order valence-electron chi connectivity index (χ2n) is 4.86. The second-order valence-corrected chi connectivity index (χ2v) is 4.86. The Labute approximate surface area is 98.7 Å². The van der Waals surface area contributed by atoms with Crippen molar-refractivity contribution < 1.29 is 4.74 Å². The molecule has 0 aromatic heterocycles. The molecule has 1 aliphatic heterocycles. The van der Waals surface area contributed by atoms with Gasteiger partial charge in [-0.05, 0) is 12.8 Å². The fourth-order valence-corrected chi connectivity index (χ4v) is 2.48. The third-order valence-electron chi connectivity index (χ3n) is 3.81. The van der Waals surface area contributed by atoms with Crippen molar-refractivity contribution in [1.29, 1.82) is 0 Å². The van der Waals surface area contributed by atoms with Crippen LogP contribution >= 0.6 is 0 Å². The van der Waals surface area contributed by atoms with Gasteiger partial charge in [0.25, 0.3) is 0 Å². The molecule has 0 spiro atoms. The van der Waals surface area contributed by atoms with Crippen LogP contribution in [0.3, 0.4) is 0 Å². The first kappa shape index (κ1) is 12.3. The maximum Gasteiger partial charge on any atom is 0.0594 e. The molecule has 1 saturated heterocycles. The molecule has 94 valence electrons. The summed E-state index contributed by atoms with van der Waals surface area (Å²) in [6.07, 6.45) is 4.30. The highest BCUT2D eigenvalue weighted by Gasteiger charge is 2.27. The fraction of sp³-hybridized carbons (Fsp3) is 1.00. The SMILES string of the molecule is NCCOCCN1CCN(C2CCC2)CC1. The van der Waals surface area contributed by atoms with Crippen LogP contribution in [-0.4, -0.2) is 68.3 Å². The van der Waals surface area contributed by atoms with Gasteiger partial charge in [0.05, 0.1) is 13.2 Å². The van der Waals surface area contributed by atoms with Crippen LogP contribution in [0, 0.1) is 0 Å². The van der Waals surface area contributed by atoms with E-state index in [4.69, 9.17) is 10.5 Å². The predicted molar refractivity (Wildman–Crippen MR) is 65.5 cm³/mol. The summed E-state index contributed by atoms with van der Waals surface area (Å²) in [6, 6.07) is 0.913. The Balaban J connectivity index is 1.54. The lowest BCUT2D eigenvalue weighted by atomic mass is 9.91. The third-order valence-corrected chi connectivity index (χ3v) is 3.81. The van der Waals surface area contributed by atoms with Crippen LogP contribution in [0.2, 0.25) is 0 Å². The highest BCUT2D eigenvalue weighted by atomic mass is 16.5. The molecule has 0 amide bonds. The minimum atomic E-state index is 0.634. The van der Waals surface area contributed by atoms with Gasteiger partial charge in [-0.1, -0.05) is 6.42 Å². The van der Waals surface area contributed by atoms with E-state index in [2.05, 4.69) is 9.80 Å². The Morgan fingerprint density at radius 2 is 1.81 bits per heavy atom. The van der Waals surface area contributed by atoms with Crippen molar-refractivity contribution in [3.8, 4) is 0 Å². The van der Waals surface area contributed by atoms with Crippen molar-refractivity contribution in [1.82, 2.24) is 9.80 Å². The van der Waals surface area contributed by atoms with Gasteiger partial charge >= 0.3 is 0 Å². The first-order valence-electron chi connectivity index (χ1n) is 6.64. The molecule has 0 bridgehead atoms. The smallest absolute Gasteiger partial charge is 0.0594 e. The molecule has 16 heavy (non-hydrogen) atoms. The number of ether oxygens (including phenoxy) is 1. The van der Waals surface area contributed by atoms with Gasteiger partial charge in [-0.15, -0.1) is 0 Å². The van der Waals surface area contributed by atoms with Crippen molar-refractivity contribution in [2.45, 2.75) is 25.3 Å². The van der Waals surface area contributed by atoms with E-state index in [-0.39, 0.29) is 0 Å². The lowest BCUT2D eigenvalue weighted by Crippen LogP contribution is -2.52. The van der Waals surface area contributed by atoms with E-state index in [1.807, 2.05) is 0 Å². The van der Waals surface area contributed by atoms with Gasteiger partial charge in [-0.25, -0.2) is 0 Å². The minimum Gasteiger partial charge on any atom is -0.379 e. The normalized spacial score (nSPS) is 24.6. The maximum absolute atomic E-state index is 5.41. The number of nitrogens with zero attached hydrogens (tertiary/aromatic N) is 2. The molecule has 2 aliphatic rings. The summed E-state index contributed by atoms with van der Waals surface area (Å²) in [7, 11) is 0. The summed E-state index contributed by atoms with van der Waals surface area (Å²) in [5.74, 6) is 0. The van der Waals surface area contributed by atoms with Gasteiger partial charge in [0.1, 0.15) is 0 Å². The zero-order chi connectivity index (χ0) is 11.2. The van der Waals surface area contributed by atoms with Crippen molar-refractivity contribution in [3.05, 3.63) is 0 Å². The topological polar surface area (TPSA) is 41.7 Å². The molecular weight excluding hydrogens is 202 g/mol. The van der Waals surface area contributed by atoms with Crippen molar-refractivity contribution >= 4 is 0 Å². The fourth-order valence-electron chi connectivity index (χ4n) is 2.48. The van der Waals surface area contributed by atoms with E-state index in [0.717, 1.165) is 19.2 Å². The summed E-state index contributed by atoms with van der Waals surface area (Å²) >= 11 is 0. The quantitative estimate of drug-likeness (QED) is 0.655. The van der Waals surface area contributed by atoms with Crippen LogP contribution < -0.4 is 5.73 Å². The minimum absolute atomic E-state index is 0.634.